The largest absolute Gasteiger partial charge is 0.398 e. The normalized spacial score (nSPS) is 13.4. The summed E-state index contributed by atoms with van der Waals surface area (Å²) in [4.78, 5) is 0.0814. The van der Waals surface area contributed by atoms with Crippen molar-refractivity contribution in [2.75, 3.05) is 23.8 Å². The van der Waals surface area contributed by atoms with E-state index in [2.05, 4.69) is 4.72 Å². The highest BCUT2D eigenvalue weighted by Gasteiger charge is 2.18. The van der Waals surface area contributed by atoms with Crippen LogP contribution in [-0.4, -0.2) is 30.7 Å². The molecule has 5 nitrogen and oxygen atoms in total. The molecule has 19 heavy (non-hydrogen) atoms. The van der Waals surface area contributed by atoms with Gasteiger partial charge in [-0.3, -0.25) is 4.21 Å². The first-order valence-corrected chi connectivity index (χ1v) is 8.96. The van der Waals surface area contributed by atoms with Crippen LogP contribution in [0.2, 0.25) is 0 Å². The molecule has 0 saturated carbocycles. The lowest BCUT2D eigenvalue weighted by molar-refractivity contribution is 0.584. The summed E-state index contributed by atoms with van der Waals surface area (Å²) in [5, 5.41) is 0. The Morgan fingerprint density at radius 1 is 1.26 bits per heavy atom. The smallest absolute Gasteiger partial charge is 0.242 e. The lowest BCUT2D eigenvalue weighted by Crippen LogP contribution is -2.29. The molecule has 0 amide bonds. The van der Waals surface area contributed by atoms with Crippen LogP contribution in [0.4, 0.5) is 5.69 Å². The van der Waals surface area contributed by atoms with Gasteiger partial charge in [-0.05, 0) is 37.1 Å². The predicted molar refractivity (Wildman–Crippen MR) is 79.1 cm³/mol. The van der Waals surface area contributed by atoms with Gasteiger partial charge in [-0.2, -0.15) is 0 Å². The summed E-state index contributed by atoms with van der Waals surface area (Å²) in [6.07, 6.45) is 0. The third kappa shape index (κ3) is 4.29. The average molecular weight is 304 g/mol. The lowest BCUT2D eigenvalue weighted by Gasteiger charge is -2.11. The van der Waals surface area contributed by atoms with Gasteiger partial charge in [0, 0.05) is 28.9 Å². The van der Waals surface area contributed by atoms with E-state index < -0.39 is 20.8 Å². The molecule has 0 aliphatic carbocycles. The molecule has 0 aliphatic rings. The van der Waals surface area contributed by atoms with E-state index in [-0.39, 0.29) is 17.1 Å². The van der Waals surface area contributed by atoms with Crippen molar-refractivity contribution in [3.8, 4) is 0 Å². The van der Waals surface area contributed by atoms with Crippen molar-refractivity contribution >= 4 is 26.5 Å². The molecular formula is C12H20N2O3S2. The fourth-order valence-corrected chi connectivity index (χ4v) is 3.53. The van der Waals surface area contributed by atoms with Gasteiger partial charge in [-0.15, -0.1) is 0 Å². The number of benzene rings is 1. The molecule has 0 spiro atoms. The third-order valence-corrected chi connectivity index (χ3v) is 5.68. The Morgan fingerprint density at radius 3 is 2.42 bits per heavy atom. The van der Waals surface area contributed by atoms with E-state index in [1.165, 1.54) is 0 Å². The van der Waals surface area contributed by atoms with E-state index in [0.29, 0.717) is 11.5 Å². The minimum Gasteiger partial charge on any atom is -0.398 e. The van der Waals surface area contributed by atoms with E-state index in [9.17, 15) is 12.6 Å². The van der Waals surface area contributed by atoms with Gasteiger partial charge in [-0.1, -0.05) is 6.92 Å². The van der Waals surface area contributed by atoms with Crippen molar-refractivity contribution in [1.29, 1.82) is 0 Å². The molecule has 0 radical (unpaired) electrons. The average Bonchev–Trinajstić information content (AvgIpc) is 2.33. The molecular weight excluding hydrogens is 284 g/mol. The molecule has 1 aromatic rings. The van der Waals surface area contributed by atoms with Crippen LogP contribution in [0.1, 0.15) is 18.1 Å². The molecule has 0 heterocycles. The predicted octanol–water partition coefficient (Wildman–Crippen LogP) is 0.933. The Hall–Kier alpha value is -0.920. The minimum atomic E-state index is -3.64. The molecule has 0 saturated heterocycles. The molecule has 1 rings (SSSR count). The number of aryl methyl sites for hydroxylation is 2. The van der Waals surface area contributed by atoms with Crippen molar-refractivity contribution in [2.45, 2.75) is 25.7 Å². The fraction of sp³-hybridized carbons (Fsp3) is 0.500. The second-order valence-corrected chi connectivity index (χ2v) is 7.91. The monoisotopic (exact) mass is 304 g/mol. The van der Waals surface area contributed by atoms with E-state index in [1.54, 1.807) is 19.1 Å². The first kappa shape index (κ1) is 16.1. The zero-order valence-corrected chi connectivity index (χ0v) is 13.0. The molecule has 1 atom stereocenters. The van der Waals surface area contributed by atoms with E-state index >= 15 is 0 Å². The molecule has 0 aliphatic heterocycles. The van der Waals surface area contributed by atoms with Gasteiger partial charge in [0.2, 0.25) is 10.0 Å². The van der Waals surface area contributed by atoms with Crippen molar-refractivity contribution < 1.29 is 12.6 Å². The number of nitrogen functional groups attached to an aromatic ring is 1. The Labute approximate surface area is 117 Å². The van der Waals surface area contributed by atoms with Gasteiger partial charge >= 0.3 is 0 Å². The Balaban J connectivity index is 2.89. The Bertz CT molecular complexity index is 583. The van der Waals surface area contributed by atoms with Gasteiger partial charge in [0.1, 0.15) is 4.90 Å². The quantitative estimate of drug-likeness (QED) is 0.765. The van der Waals surface area contributed by atoms with Crippen LogP contribution in [0, 0.1) is 13.8 Å². The summed E-state index contributed by atoms with van der Waals surface area (Å²) < 4.78 is 37.9. The summed E-state index contributed by atoms with van der Waals surface area (Å²) in [5.74, 6) is 0.827. The molecule has 7 heteroatoms. The maximum absolute atomic E-state index is 12.1. The van der Waals surface area contributed by atoms with Gasteiger partial charge in [-0.25, -0.2) is 13.1 Å². The number of hydrogen-bond donors (Lipinski definition) is 2. The topological polar surface area (TPSA) is 89.3 Å². The van der Waals surface area contributed by atoms with Crippen molar-refractivity contribution in [3.05, 3.63) is 23.3 Å². The van der Waals surface area contributed by atoms with Crippen LogP contribution in [-0.2, 0) is 20.8 Å². The number of hydrogen-bond acceptors (Lipinski definition) is 4. The van der Waals surface area contributed by atoms with E-state index in [0.717, 1.165) is 11.1 Å². The van der Waals surface area contributed by atoms with Crippen molar-refractivity contribution in [2.24, 2.45) is 0 Å². The van der Waals surface area contributed by atoms with Gasteiger partial charge in [0.25, 0.3) is 0 Å². The van der Waals surface area contributed by atoms with Crippen molar-refractivity contribution in [1.82, 2.24) is 4.72 Å². The molecule has 1 aromatic carbocycles. The van der Waals surface area contributed by atoms with Crippen LogP contribution in [0.15, 0.2) is 17.0 Å². The molecule has 1 unspecified atom stereocenters. The third-order valence-electron chi connectivity index (χ3n) is 2.86. The van der Waals surface area contributed by atoms with Crippen LogP contribution in [0.3, 0.4) is 0 Å². The van der Waals surface area contributed by atoms with Crippen molar-refractivity contribution in [3.63, 3.8) is 0 Å². The van der Waals surface area contributed by atoms with Gasteiger partial charge < -0.3 is 5.73 Å². The number of nitrogens with one attached hydrogen (secondary N) is 1. The number of nitrogens with two attached hydrogens (primary N) is 1. The van der Waals surface area contributed by atoms with Crippen LogP contribution in [0.5, 0.6) is 0 Å². The molecule has 3 N–H and O–H groups in total. The summed E-state index contributed by atoms with van der Waals surface area (Å²) in [7, 11) is -4.63. The summed E-state index contributed by atoms with van der Waals surface area (Å²) in [6.45, 7) is 5.65. The zero-order valence-electron chi connectivity index (χ0n) is 11.4. The molecule has 0 aromatic heterocycles. The summed E-state index contributed by atoms with van der Waals surface area (Å²) in [6, 6.07) is 3.21. The molecule has 108 valence electrons. The van der Waals surface area contributed by atoms with Crippen LogP contribution in [0.25, 0.3) is 0 Å². The maximum atomic E-state index is 12.1. The molecule has 0 bridgehead atoms. The maximum Gasteiger partial charge on any atom is 0.242 e. The molecule has 0 fully saturated rings. The number of rotatable bonds is 6. The summed E-state index contributed by atoms with van der Waals surface area (Å²) >= 11 is 0. The van der Waals surface area contributed by atoms with Crippen LogP contribution < -0.4 is 10.5 Å². The summed E-state index contributed by atoms with van der Waals surface area (Å²) in [5.41, 5.74) is 7.80. The highest BCUT2D eigenvalue weighted by Crippen LogP contribution is 2.22. The van der Waals surface area contributed by atoms with E-state index in [4.69, 9.17) is 5.73 Å². The fourth-order valence-electron chi connectivity index (χ4n) is 1.56. The highest BCUT2D eigenvalue weighted by molar-refractivity contribution is 7.89. The first-order chi connectivity index (χ1) is 8.77. The Morgan fingerprint density at radius 2 is 1.84 bits per heavy atom. The number of sulfonamides is 1. The number of anilines is 1. The second kappa shape index (κ2) is 6.49. The Kier molecular flexibility index (Phi) is 5.51. The standard InChI is InChI=1S/C12H20N2O3S2/c1-4-18(15)6-5-14-19(16,17)12-8-10(3)9(2)7-11(12)13/h7-8,14H,4-6,13H2,1-3H3. The highest BCUT2D eigenvalue weighted by atomic mass is 32.2. The lowest BCUT2D eigenvalue weighted by atomic mass is 10.1. The zero-order chi connectivity index (χ0) is 14.6. The first-order valence-electron chi connectivity index (χ1n) is 5.99. The minimum absolute atomic E-state index is 0.0814. The van der Waals surface area contributed by atoms with E-state index in [1.807, 2.05) is 13.8 Å². The van der Waals surface area contributed by atoms with Crippen LogP contribution >= 0.6 is 0 Å². The van der Waals surface area contributed by atoms with Gasteiger partial charge in [0.05, 0.1) is 5.69 Å². The van der Waals surface area contributed by atoms with Gasteiger partial charge in [0.15, 0.2) is 0 Å². The SMILES string of the molecule is CCS(=O)CCNS(=O)(=O)c1cc(C)c(C)cc1N. The second-order valence-electron chi connectivity index (χ2n) is 4.30.